The van der Waals surface area contributed by atoms with Gasteiger partial charge in [0.05, 0.1) is 5.02 Å². The van der Waals surface area contributed by atoms with Crippen LogP contribution in [0.4, 0.5) is 4.39 Å². The van der Waals surface area contributed by atoms with Crippen LogP contribution in [-0.2, 0) is 4.79 Å². The molecule has 1 aromatic carbocycles. The molecule has 0 aliphatic heterocycles. The third-order valence-electron chi connectivity index (χ3n) is 2.31. The Balaban J connectivity index is 2.76. The fraction of sp³-hybridized carbons (Fsp3) is 0.364. The molecule has 0 fully saturated rings. The Hall–Kier alpha value is -1.13. The number of nitrogens with one attached hydrogen (secondary N) is 1. The van der Waals surface area contributed by atoms with E-state index in [0.29, 0.717) is 5.56 Å². The summed E-state index contributed by atoms with van der Waals surface area (Å²) in [5, 5.41) is 11.6. The van der Waals surface area contributed by atoms with Gasteiger partial charge in [-0.3, -0.25) is 10.1 Å². The van der Waals surface area contributed by atoms with Gasteiger partial charge in [0.15, 0.2) is 0 Å². The molecule has 0 aromatic heterocycles. The zero-order chi connectivity index (χ0) is 12.3. The Bertz CT molecular complexity index is 398. The average Bonchev–Trinajstić information content (AvgIpc) is 2.21. The van der Waals surface area contributed by atoms with E-state index >= 15 is 0 Å². The number of carboxylic acid groups (broad SMARTS) is 1. The summed E-state index contributed by atoms with van der Waals surface area (Å²) in [7, 11) is 0. The molecule has 0 heterocycles. The first-order valence-electron chi connectivity index (χ1n) is 4.85. The monoisotopic (exact) mass is 245 g/mol. The topological polar surface area (TPSA) is 49.3 Å². The van der Waals surface area contributed by atoms with Crippen LogP contribution in [-0.4, -0.2) is 17.1 Å². The van der Waals surface area contributed by atoms with E-state index in [4.69, 9.17) is 16.7 Å². The Morgan fingerprint density at radius 1 is 1.50 bits per heavy atom. The fourth-order valence-corrected chi connectivity index (χ4v) is 1.44. The van der Waals surface area contributed by atoms with Crippen LogP contribution in [0, 0.1) is 5.82 Å². The van der Waals surface area contributed by atoms with Crippen molar-refractivity contribution in [3.8, 4) is 0 Å². The summed E-state index contributed by atoms with van der Waals surface area (Å²) in [5.41, 5.74) is 0.662. The molecule has 0 saturated heterocycles. The van der Waals surface area contributed by atoms with Crippen molar-refractivity contribution in [2.45, 2.75) is 25.9 Å². The summed E-state index contributed by atoms with van der Waals surface area (Å²) in [4.78, 5) is 10.6. The largest absolute Gasteiger partial charge is 0.480 e. The van der Waals surface area contributed by atoms with Gasteiger partial charge in [0.25, 0.3) is 0 Å². The molecule has 5 heteroatoms. The number of carbonyl (C=O) groups is 1. The van der Waals surface area contributed by atoms with Crippen molar-refractivity contribution in [1.82, 2.24) is 5.32 Å². The normalized spacial score (nSPS) is 14.5. The van der Waals surface area contributed by atoms with Crippen molar-refractivity contribution < 1.29 is 14.3 Å². The van der Waals surface area contributed by atoms with Gasteiger partial charge in [0, 0.05) is 6.04 Å². The van der Waals surface area contributed by atoms with Crippen LogP contribution in [0.25, 0.3) is 0 Å². The lowest BCUT2D eigenvalue weighted by Crippen LogP contribution is -2.35. The molecule has 2 N–H and O–H groups in total. The van der Waals surface area contributed by atoms with Gasteiger partial charge in [-0.05, 0) is 31.5 Å². The molecule has 0 aliphatic carbocycles. The predicted molar refractivity (Wildman–Crippen MR) is 60.1 cm³/mol. The van der Waals surface area contributed by atoms with Gasteiger partial charge >= 0.3 is 5.97 Å². The quantitative estimate of drug-likeness (QED) is 0.857. The molecule has 2 unspecified atom stereocenters. The highest BCUT2D eigenvalue weighted by Gasteiger charge is 2.15. The number of benzene rings is 1. The molecule has 1 aromatic rings. The number of carboxylic acids is 1. The minimum absolute atomic E-state index is 0.0576. The second-order valence-corrected chi connectivity index (χ2v) is 4.03. The lowest BCUT2D eigenvalue weighted by Gasteiger charge is -2.17. The first-order valence-corrected chi connectivity index (χ1v) is 5.23. The lowest BCUT2D eigenvalue weighted by molar-refractivity contribution is -0.139. The predicted octanol–water partition coefficient (Wildman–Crippen LogP) is 2.60. The molecule has 1 rings (SSSR count). The molecule has 88 valence electrons. The molecular weight excluding hydrogens is 233 g/mol. The third-order valence-corrected chi connectivity index (χ3v) is 2.62. The van der Waals surface area contributed by atoms with E-state index in [2.05, 4.69) is 5.32 Å². The minimum atomic E-state index is -0.943. The maximum Gasteiger partial charge on any atom is 0.320 e. The Kier molecular flexibility index (Phi) is 4.26. The van der Waals surface area contributed by atoms with Crippen molar-refractivity contribution in [3.05, 3.63) is 34.6 Å². The summed E-state index contributed by atoms with van der Waals surface area (Å²) in [6, 6.07) is 3.48. The summed E-state index contributed by atoms with van der Waals surface area (Å²) < 4.78 is 13.2. The van der Waals surface area contributed by atoms with Crippen LogP contribution in [0.2, 0.25) is 5.02 Å². The molecule has 0 aliphatic rings. The Morgan fingerprint density at radius 3 is 2.62 bits per heavy atom. The fourth-order valence-electron chi connectivity index (χ4n) is 1.32. The average molecular weight is 246 g/mol. The van der Waals surface area contributed by atoms with Crippen LogP contribution in [0.1, 0.15) is 25.5 Å². The standard InChI is InChI=1S/C11H13ClFNO2/c1-6(14-7(2)11(15)16)8-3-4-9(12)10(13)5-8/h3-7,14H,1-2H3,(H,15,16). The number of rotatable bonds is 4. The molecule has 0 saturated carbocycles. The second-order valence-electron chi connectivity index (χ2n) is 3.62. The van der Waals surface area contributed by atoms with E-state index < -0.39 is 17.8 Å². The van der Waals surface area contributed by atoms with Crippen molar-refractivity contribution in [1.29, 1.82) is 0 Å². The minimum Gasteiger partial charge on any atom is -0.480 e. The maximum absolute atomic E-state index is 13.2. The second kappa shape index (κ2) is 5.27. The molecule has 0 bridgehead atoms. The van der Waals surface area contributed by atoms with Gasteiger partial charge < -0.3 is 5.11 Å². The summed E-state index contributed by atoms with van der Waals surface area (Å²) in [6.45, 7) is 3.30. The number of aliphatic carboxylic acids is 1. The van der Waals surface area contributed by atoms with E-state index in [1.165, 1.54) is 19.1 Å². The molecular formula is C11H13ClFNO2. The molecule has 0 amide bonds. The lowest BCUT2D eigenvalue weighted by atomic mass is 10.1. The van der Waals surface area contributed by atoms with E-state index in [0.717, 1.165) is 0 Å². The third kappa shape index (κ3) is 3.18. The van der Waals surface area contributed by atoms with Crippen LogP contribution >= 0.6 is 11.6 Å². The van der Waals surface area contributed by atoms with Gasteiger partial charge in [-0.25, -0.2) is 4.39 Å². The molecule has 3 nitrogen and oxygen atoms in total. The number of halogens is 2. The zero-order valence-electron chi connectivity index (χ0n) is 9.00. The van der Waals surface area contributed by atoms with Crippen molar-refractivity contribution >= 4 is 17.6 Å². The summed E-state index contributed by atoms with van der Waals surface area (Å²) >= 11 is 5.55. The molecule has 16 heavy (non-hydrogen) atoms. The van der Waals surface area contributed by atoms with E-state index in [1.807, 2.05) is 0 Å². The highest BCUT2D eigenvalue weighted by molar-refractivity contribution is 6.30. The first-order chi connectivity index (χ1) is 7.41. The van der Waals surface area contributed by atoms with Gasteiger partial charge in [-0.2, -0.15) is 0 Å². The van der Waals surface area contributed by atoms with E-state index in [-0.39, 0.29) is 11.1 Å². The highest BCUT2D eigenvalue weighted by Crippen LogP contribution is 2.20. The van der Waals surface area contributed by atoms with Gasteiger partial charge in [-0.1, -0.05) is 17.7 Å². The van der Waals surface area contributed by atoms with E-state index in [1.54, 1.807) is 13.0 Å². The van der Waals surface area contributed by atoms with Crippen LogP contribution < -0.4 is 5.32 Å². The highest BCUT2D eigenvalue weighted by atomic mass is 35.5. The molecule has 0 radical (unpaired) electrons. The smallest absolute Gasteiger partial charge is 0.320 e. The van der Waals surface area contributed by atoms with Gasteiger partial charge in [0.2, 0.25) is 0 Å². The van der Waals surface area contributed by atoms with E-state index in [9.17, 15) is 9.18 Å². The summed E-state index contributed by atoms with van der Waals surface area (Å²) in [5.74, 6) is -1.45. The first kappa shape index (κ1) is 12.9. The van der Waals surface area contributed by atoms with Crippen molar-refractivity contribution in [2.24, 2.45) is 0 Å². The zero-order valence-corrected chi connectivity index (χ0v) is 9.75. The number of hydrogen-bond donors (Lipinski definition) is 2. The number of hydrogen-bond acceptors (Lipinski definition) is 2. The van der Waals surface area contributed by atoms with Crippen molar-refractivity contribution in [2.75, 3.05) is 0 Å². The summed E-state index contributed by atoms with van der Waals surface area (Å²) in [6.07, 6.45) is 0. The Morgan fingerprint density at radius 2 is 2.12 bits per heavy atom. The van der Waals surface area contributed by atoms with Crippen molar-refractivity contribution in [3.63, 3.8) is 0 Å². The maximum atomic E-state index is 13.2. The molecule has 0 spiro atoms. The van der Waals surface area contributed by atoms with Gasteiger partial charge in [-0.15, -0.1) is 0 Å². The molecule has 2 atom stereocenters. The SMILES string of the molecule is CC(NC(C)c1ccc(Cl)c(F)c1)C(=O)O. The van der Waals surface area contributed by atoms with Crippen LogP contribution in [0.5, 0.6) is 0 Å². The van der Waals surface area contributed by atoms with Crippen LogP contribution in [0.15, 0.2) is 18.2 Å². The van der Waals surface area contributed by atoms with Crippen LogP contribution in [0.3, 0.4) is 0 Å². The van der Waals surface area contributed by atoms with Gasteiger partial charge in [0.1, 0.15) is 11.9 Å². The Labute approximate surface area is 98.2 Å².